The van der Waals surface area contributed by atoms with E-state index >= 15 is 0 Å². The maximum atomic E-state index is 12.3. The maximum Gasteiger partial charge on any atom is 0.133 e. The van der Waals surface area contributed by atoms with Crippen molar-refractivity contribution in [3.8, 4) is 0 Å². The minimum absolute atomic E-state index is 0.294. The first kappa shape index (κ1) is 30.3. The van der Waals surface area contributed by atoms with Crippen LogP contribution in [0.1, 0.15) is 168 Å². The highest BCUT2D eigenvalue weighted by atomic mass is 16.1. The lowest BCUT2D eigenvalue weighted by atomic mass is 9.91. The molecule has 0 aliphatic carbocycles. The summed E-state index contributed by atoms with van der Waals surface area (Å²) >= 11 is 0. The first-order valence-electron chi connectivity index (χ1n) is 14.2. The van der Waals surface area contributed by atoms with Gasteiger partial charge < -0.3 is 4.79 Å². The van der Waals surface area contributed by atoms with E-state index in [2.05, 4.69) is 13.8 Å². The SMILES string of the molecule is CCCCCCCCCCCCCC(=O)C[C@@H](CC=O)CCCCCCCCCCC. The van der Waals surface area contributed by atoms with Crippen LogP contribution < -0.4 is 0 Å². The van der Waals surface area contributed by atoms with Crippen molar-refractivity contribution in [3.63, 3.8) is 0 Å². The topological polar surface area (TPSA) is 34.1 Å². The standard InChI is InChI=1S/C29H56O2/c1-3-5-7-9-11-13-14-16-18-20-22-24-29(31)27-28(25-26-30)23-21-19-17-15-12-10-8-6-4-2/h26,28H,3-25,27H2,1-2H3/t28-/m1/s1. The van der Waals surface area contributed by atoms with Gasteiger partial charge in [0.15, 0.2) is 0 Å². The predicted octanol–water partition coefficient (Wildman–Crippen LogP) is 9.77. The molecule has 0 aromatic carbocycles. The van der Waals surface area contributed by atoms with Gasteiger partial charge >= 0.3 is 0 Å². The van der Waals surface area contributed by atoms with Gasteiger partial charge in [0.1, 0.15) is 12.1 Å². The van der Waals surface area contributed by atoms with E-state index < -0.39 is 0 Å². The fourth-order valence-corrected chi connectivity index (χ4v) is 4.59. The maximum absolute atomic E-state index is 12.3. The molecule has 1 atom stereocenters. The number of aldehydes is 1. The van der Waals surface area contributed by atoms with E-state index in [1.54, 1.807) is 0 Å². The molecule has 0 aliphatic heterocycles. The first-order valence-corrected chi connectivity index (χ1v) is 14.2. The number of carbonyl (C=O) groups excluding carboxylic acids is 2. The zero-order chi connectivity index (χ0) is 22.8. The molecule has 0 spiro atoms. The Bertz CT molecular complexity index is 377. The minimum atomic E-state index is 0.294. The van der Waals surface area contributed by atoms with Gasteiger partial charge in [0.05, 0.1) is 0 Å². The molecule has 0 heterocycles. The molecule has 0 saturated carbocycles. The Morgan fingerprint density at radius 2 is 0.968 bits per heavy atom. The fraction of sp³-hybridized carbons (Fsp3) is 0.931. The summed E-state index contributed by atoms with van der Waals surface area (Å²) in [4.78, 5) is 23.3. The van der Waals surface area contributed by atoms with Crippen LogP contribution in [0, 0.1) is 5.92 Å². The highest BCUT2D eigenvalue weighted by Crippen LogP contribution is 2.20. The van der Waals surface area contributed by atoms with E-state index in [4.69, 9.17) is 0 Å². The van der Waals surface area contributed by atoms with Crippen LogP contribution in [0.5, 0.6) is 0 Å². The van der Waals surface area contributed by atoms with Crippen LogP contribution in [0.4, 0.5) is 0 Å². The highest BCUT2D eigenvalue weighted by Gasteiger charge is 2.13. The average Bonchev–Trinajstić information content (AvgIpc) is 2.76. The third-order valence-electron chi connectivity index (χ3n) is 6.72. The zero-order valence-corrected chi connectivity index (χ0v) is 21.4. The predicted molar refractivity (Wildman–Crippen MR) is 137 cm³/mol. The van der Waals surface area contributed by atoms with E-state index in [1.165, 1.54) is 122 Å². The number of hydrogen-bond donors (Lipinski definition) is 0. The summed E-state index contributed by atoms with van der Waals surface area (Å²) < 4.78 is 0. The summed E-state index contributed by atoms with van der Waals surface area (Å²) in [5.41, 5.74) is 0. The largest absolute Gasteiger partial charge is 0.303 e. The Balaban J connectivity index is 3.58. The summed E-state index contributed by atoms with van der Waals surface area (Å²) in [7, 11) is 0. The Kier molecular flexibility index (Phi) is 25.1. The number of rotatable bonds is 26. The Labute approximate surface area is 195 Å². The molecule has 0 aromatic rings. The Morgan fingerprint density at radius 1 is 0.581 bits per heavy atom. The number of Topliss-reactive ketones (excluding diaryl/α,β-unsaturated/α-hetero) is 1. The number of carbonyl (C=O) groups is 2. The van der Waals surface area contributed by atoms with Crippen molar-refractivity contribution < 1.29 is 9.59 Å². The molecule has 0 aromatic heterocycles. The lowest BCUT2D eigenvalue weighted by Gasteiger charge is -2.13. The van der Waals surface area contributed by atoms with Crippen molar-refractivity contribution in [2.45, 2.75) is 168 Å². The Hall–Kier alpha value is -0.660. The van der Waals surface area contributed by atoms with Gasteiger partial charge in [-0.15, -0.1) is 0 Å². The van der Waals surface area contributed by atoms with Crippen LogP contribution in [0.15, 0.2) is 0 Å². The van der Waals surface area contributed by atoms with E-state index in [0.717, 1.165) is 25.5 Å². The van der Waals surface area contributed by atoms with Crippen molar-refractivity contribution in [3.05, 3.63) is 0 Å². The van der Waals surface area contributed by atoms with Crippen LogP contribution in [-0.4, -0.2) is 12.1 Å². The fourth-order valence-electron chi connectivity index (χ4n) is 4.59. The quantitative estimate of drug-likeness (QED) is 0.0998. The molecule has 0 saturated heterocycles. The minimum Gasteiger partial charge on any atom is -0.303 e. The summed E-state index contributed by atoms with van der Waals surface area (Å²) in [5, 5.41) is 0. The van der Waals surface area contributed by atoms with Crippen LogP contribution in [0.2, 0.25) is 0 Å². The first-order chi connectivity index (χ1) is 15.2. The normalized spacial score (nSPS) is 12.2. The van der Waals surface area contributed by atoms with Gasteiger partial charge in [-0.25, -0.2) is 0 Å². The second-order valence-corrected chi connectivity index (χ2v) is 9.91. The van der Waals surface area contributed by atoms with Crippen LogP contribution in [0.25, 0.3) is 0 Å². The van der Waals surface area contributed by atoms with E-state index in [9.17, 15) is 9.59 Å². The van der Waals surface area contributed by atoms with Gasteiger partial charge in [0.2, 0.25) is 0 Å². The number of ketones is 1. The second-order valence-electron chi connectivity index (χ2n) is 9.91. The lowest BCUT2D eigenvalue weighted by Crippen LogP contribution is -2.09. The molecule has 0 rings (SSSR count). The molecular weight excluding hydrogens is 380 g/mol. The lowest BCUT2D eigenvalue weighted by molar-refractivity contribution is -0.120. The monoisotopic (exact) mass is 436 g/mol. The number of unbranched alkanes of at least 4 members (excludes halogenated alkanes) is 18. The molecule has 0 fully saturated rings. The Morgan fingerprint density at radius 3 is 1.39 bits per heavy atom. The van der Waals surface area contributed by atoms with E-state index in [-0.39, 0.29) is 0 Å². The third kappa shape index (κ3) is 23.8. The molecular formula is C29H56O2. The molecule has 0 aliphatic rings. The molecule has 0 amide bonds. The average molecular weight is 437 g/mol. The molecule has 0 bridgehead atoms. The summed E-state index contributed by atoms with van der Waals surface area (Å²) in [5.74, 6) is 0.681. The van der Waals surface area contributed by atoms with Crippen molar-refractivity contribution in [2.75, 3.05) is 0 Å². The molecule has 31 heavy (non-hydrogen) atoms. The van der Waals surface area contributed by atoms with Crippen LogP contribution in [0.3, 0.4) is 0 Å². The second kappa shape index (κ2) is 25.6. The third-order valence-corrected chi connectivity index (χ3v) is 6.72. The summed E-state index contributed by atoms with van der Waals surface area (Å²) in [6.07, 6.45) is 30.4. The summed E-state index contributed by atoms with van der Waals surface area (Å²) in [6.45, 7) is 4.53. The van der Waals surface area contributed by atoms with E-state index in [1.807, 2.05) is 0 Å². The molecule has 2 nitrogen and oxygen atoms in total. The molecule has 0 unspecified atom stereocenters. The molecule has 2 heteroatoms. The van der Waals surface area contributed by atoms with Gasteiger partial charge in [-0.3, -0.25) is 4.79 Å². The molecule has 0 radical (unpaired) electrons. The van der Waals surface area contributed by atoms with Crippen LogP contribution >= 0.6 is 0 Å². The van der Waals surface area contributed by atoms with Crippen molar-refractivity contribution in [2.24, 2.45) is 5.92 Å². The molecule has 0 N–H and O–H groups in total. The van der Waals surface area contributed by atoms with Crippen molar-refractivity contribution >= 4 is 12.1 Å². The van der Waals surface area contributed by atoms with Gasteiger partial charge in [-0.1, -0.05) is 136 Å². The van der Waals surface area contributed by atoms with Gasteiger partial charge in [0, 0.05) is 19.3 Å². The smallest absolute Gasteiger partial charge is 0.133 e. The van der Waals surface area contributed by atoms with Crippen LogP contribution in [-0.2, 0) is 9.59 Å². The van der Waals surface area contributed by atoms with Gasteiger partial charge in [-0.2, -0.15) is 0 Å². The highest BCUT2D eigenvalue weighted by molar-refractivity contribution is 5.78. The van der Waals surface area contributed by atoms with E-state index in [0.29, 0.717) is 24.5 Å². The zero-order valence-electron chi connectivity index (χ0n) is 21.4. The van der Waals surface area contributed by atoms with Gasteiger partial charge in [-0.05, 0) is 18.8 Å². The summed E-state index contributed by atoms with van der Waals surface area (Å²) in [6, 6.07) is 0. The molecule has 184 valence electrons. The van der Waals surface area contributed by atoms with Crippen molar-refractivity contribution in [1.82, 2.24) is 0 Å². The van der Waals surface area contributed by atoms with Gasteiger partial charge in [0.25, 0.3) is 0 Å². The van der Waals surface area contributed by atoms with Crippen molar-refractivity contribution in [1.29, 1.82) is 0 Å². The number of hydrogen-bond acceptors (Lipinski definition) is 2.